The van der Waals surface area contributed by atoms with Gasteiger partial charge in [0.2, 0.25) is 5.91 Å². The van der Waals surface area contributed by atoms with Crippen molar-refractivity contribution in [1.29, 1.82) is 0 Å². The van der Waals surface area contributed by atoms with Crippen molar-refractivity contribution in [1.82, 2.24) is 10.3 Å². The summed E-state index contributed by atoms with van der Waals surface area (Å²) < 4.78 is 0. The molecule has 0 radical (unpaired) electrons. The van der Waals surface area contributed by atoms with Gasteiger partial charge in [-0.25, -0.2) is 0 Å². The van der Waals surface area contributed by atoms with Crippen LogP contribution in [0.15, 0.2) is 24.5 Å². The molecule has 88 valence electrons. The molecule has 0 saturated heterocycles. The van der Waals surface area contributed by atoms with Crippen LogP contribution in [0, 0.1) is 5.92 Å². The Balaban J connectivity index is 2.28. The van der Waals surface area contributed by atoms with E-state index in [0.717, 1.165) is 12.0 Å². The second kappa shape index (κ2) is 6.23. The summed E-state index contributed by atoms with van der Waals surface area (Å²) in [6, 6.07) is 3.77. The molecule has 0 aliphatic heterocycles. The zero-order valence-electron chi connectivity index (χ0n) is 9.81. The van der Waals surface area contributed by atoms with Crippen LogP contribution >= 0.6 is 0 Å². The number of hydrogen-bond donors (Lipinski definition) is 2. The van der Waals surface area contributed by atoms with Gasteiger partial charge < -0.3 is 11.1 Å². The third-order valence-electron chi connectivity index (χ3n) is 2.64. The summed E-state index contributed by atoms with van der Waals surface area (Å²) in [5.41, 5.74) is 6.77. The fourth-order valence-corrected chi connectivity index (χ4v) is 1.28. The summed E-state index contributed by atoms with van der Waals surface area (Å²) >= 11 is 0. The molecule has 1 aromatic heterocycles. The first-order valence-corrected chi connectivity index (χ1v) is 5.53. The Morgan fingerprint density at radius 3 is 2.88 bits per heavy atom. The molecule has 1 heterocycles. The number of rotatable bonds is 5. The van der Waals surface area contributed by atoms with E-state index in [1.54, 1.807) is 12.4 Å². The van der Waals surface area contributed by atoms with Crippen LogP contribution < -0.4 is 11.1 Å². The number of nitrogens with one attached hydrogen (secondary N) is 1. The minimum Gasteiger partial charge on any atom is -0.355 e. The fraction of sp³-hybridized carbons (Fsp3) is 0.500. The van der Waals surface area contributed by atoms with Crippen molar-refractivity contribution < 1.29 is 4.79 Å². The van der Waals surface area contributed by atoms with Crippen molar-refractivity contribution in [2.24, 2.45) is 11.7 Å². The first-order chi connectivity index (χ1) is 7.61. The van der Waals surface area contributed by atoms with Crippen LogP contribution in [0.1, 0.15) is 19.4 Å². The van der Waals surface area contributed by atoms with E-state index in [1.165, 1.54) is 0 Å². The molecule has 0 saturated carbocycles. The van der Waals surface area contributed by atoms with E-state index in [1.807, 2.05) is 26.0 Å². The predicted molar refractivity (Wildman–Crippen MR) is 63.8 cm³/mol. The molecule has 1 amide bonds. The Bertz CT molecular complexity index is 324. The predicted octanol–water partition coefficient (Wildman–Crippen LogP) is 0.724. The maximum atomic E-state index is 11.6. The zero-order valence-corrected chi connectivity index (χ0v) is 9.81. The summed E-state index contributed by atoms with van der Waals surface area (Å²) in [5, 5.41) is 2.87. The summed E-state index contributed by atoms with van der Waals surface area (Å²) in [4.78, 5) is 15.6. The largest absolute Gasteiger partial charge is 0.355 e. The Labute approximate surface area is 96.3 Å². The fourth-order valence-electron chi connectivity index (χ4n) is 1.28. The van der Waals surface area contributed by atoms with Crippen molar-refractivity contribution in [3.8, 4) is 0 Å². The molecule has 0 aromatic carbocycles. The molecule has 0 aliphatic rings. The third-order valence-corrected chi connectivity index (χ3v) is 2.64. The van der Waals surface area contributed by atoms with E-state index in [2.05, 4.69) is 10.3 Å². The van der Waals surface area contributed by atoms with E-state index in [-0.39, 0.29) is 17.9 Å². The van der Waals surface area contributed by atoms with E-state index in [9.17, 15) is 4.79 Å². The first-order valence-electron chi connectivity index (χ1n) is 5.53. The van der Waals surface area contributed by atoms with Gasteiger partial charge in [0.25, 0.3) is 0 Å². The highest BCUT2D eigenvalue weighted by Crippen LogP contribution is 2.00. The lowest BCUT2D eigenvalue weighted by Gasteiger charge is -2.15. The number of carbonyl (C=O) groups excluding carboxylic acids is 1. The minimum atomic E-state index is -0.145. The highest BCUT2D eigenvalue weighted by atomic mass is 16.1. The van der Waals surface area contributed by atoms with Crippen molar-refractivity contribution >= 4 is 5.91 Å². The van der Waals surface area contributed by atoms with Gasteiger partial charge in [-0.05, 0) is 25.0 Å². The van der Waals surface area contributed by atoms with Gasteiger partial charge in [0.05, 0.1) is 0 Å². The number of hydrogen-bond acceptors (Lipinski definition) is 3. The molecular formula is C12H19N3O. The number of nitrogens with two attached hydrogens (primary N) is 1. The van der Waals surface area contributed by atoms with Crippen LogP contribution in [-0.4, -0.2) is 23.5 Å². The maximum absolute atomic E-state index is 11.6. The third kappa shape index (κ3) is 3.98. The van der Waals surface area contributed by atoms with Gasteiger partial charge >= 0.3 is 0 Å². The lowest BCUT2D eigenvalue weighted by atomic mass is 10.0. The summed E-state index contributed by atoms with van der Waals surface area (Å²) in [7, 11) is 0. The van der Waals surface area contributed by atoms with E-state index < -0.39 is 0 Å². The van der Waals surface area contributed by atoms with Crippen LogP contribution in [0.3, 0.4) is 0 Å². The van der Waals surface area contributed by atoms with Crippen molar-refractivity contribution in [3.05, 3.63) is 30.1 Å². The molecule has 4 nitrogen and oxygen atoms in total. The molecule has 0 bridgehead atoms. The van der Waals surface area contributed by atoms with Crippen LogP contribution in [-0.2, 0) is 11.2 Å². The SMILES string of the molecule is CC(N)C(C)C(=O)NCCc1cccnc1. The Morgan fingerprint density at radius 2 is 2.31 bits per heavy atom. The Hall–Kier alpha value is -1.42. The Morgan fingerprint density at radius 1 is 1.56 bits per heavy atom. The smallest absolute Gasteiger partial charge is 0.224 e. The molecule has 4 heteroatoms. The summed E-state index contributed by atoms with van der Waals surface area (Å²) in [6.45, 7) is 4.30. The standard InChI is InChI=1S/C12H19N3O/c1-9(10(2)13)12(16)15-7-5-11-4-3-6-14-8-11/h3-4,6,8-10H,5,7,13H2,1-2H3,(H,15,16). The minimum absolute atomic E-state index is 0.0129. The van der Waals surface area contributed by atoms with E-state index in [4.69, 9.17) is 5.73 Å². The molecule has 1 rings (SSSR count). The number of carbonyl (C=O) groups is 1. The molecule has 0 fully saturated rings. The topological polar surface area (TPSA) is 68.0 Å². The zero-order chi connectivity index (χ0) is 12.0. The molecule has 2 unspecified atom stereocenters. The summed E-state index contributed by atoms with van der Waals surface area (Å²) in [6.07, 6.45) is 4.34. The molecule has 16 heavy (non-hydrogen) atoms. The van der Waals surface area contributed by atoms with E-state index >= 15 is 0 Å². The van der Waals surface area contributed by atoms with Gasteiger partial charge in [-0.1, -0.05) is 13.0 Å². The molecular weight excluding hydrogens is 202 g/mol. The quantitative estimate of drug-likeness (QED) is 0.770. The number of nitrogens with zero attached hydrogens (tertiary/aromatic N) is 1. The molecule has 0 aliphatic carbocycles. The maximum Gasteiger partial charge on any atom is 0.224 e. The average molecular weight is 221 g/mol. The van der Waals surface area contributed by atoms with Crippen LogP contribution in [0.2, 0.25) is 0 Å². The second-order valence-electron chi connectivity index (χ2n) is 4.05. The normalized spacial score (nSPS) is 14.2. The monoisotopic (exact) mass is 221 g/mol. The molecule has 0 spiro atoms. The van der Waals surface area contributed by atoms with Crippen LogP contribution in [0.5, 0.6) is 0 Å². The van der Waals surface area contributed by atoms with Gasteiger partial charge in [-0.3, -0.25) is 9.78 Å². The lowest BCUT2D eigenvalue weighted by Crippen LogP contribution is -2.39. The Kier molecular flexibility index (Phi) is 4.92. The van der Waals surface area contributed by atoms with Gasteiger partial charge in [-0.2, -0.15) is 0 Å². The van der Waals surface area contributed by atoms with Gasteiger partial charge in [0, 0.05) is 30.9 Å². The number of aromatic nitrogens is 1. The van der Waals surface area contributed by atoms with Crippen molar-refractivity contribution in [2.45, 2.75) is 26.3 Å². The van der Waals surface area contributed by atoms with Crippen LogP contribution in [0.25, 0.3) is 0 Å². The highest BCUT2D eigenvalue weighted by Gasteiger charge is 2.15. The summed E-state index contributed by atoms with van der Waals surface area (Å²) in [5.74, 6) is -0.132. The molecule has 1 aromatic rings. The van der Waals surface area contributed by atoms with Crippen LogP contribution in [0.4, 0.5) is 0 Å². The van der Waals surface area contributed by atoms with Gasteiger partial charge in [-0.15, -0.1) is 0 Å². The molecule has 2 atom stereocenters. The molecule has 3 N–H and O–H groups in total. The second-order valence-corrected chi connectivity index (χ2v) is 4.05. The number of amides is 1. The average Bonchev–Trinajstić information content (AvgIpc) is 2.29. The van der Waals surface area contributed by atoms with Crippen molar-refractivity contribution in [3.63, 3.8) is 0 Å². The van der Waals surface area contributed by atoms with Crippen molar-refractivity contribution in [2.75, 3.05) is 6.54 Å². The first kappa shape index (κ1) is 12.6. The van der Waals surface area contributed by atoms with Gasteiger partial charge in [0.1, 0.15) is 0 Å². The number of pyridine rings is 1. The van der Waals surface area contributed by atoms with Gasteiger partial charge in [0.15, 0.2) is 0 Å². The van der Waals surface area contributed by atoms with E-state index in [0.29, 0.717) is 6.54 Å². The highest BCUT2D eigenvalue weighted by molar-refractivity contribution is 5.78. The lowest BCUT2D eigenvalue weighted by molar-refractivity contribution is -0.124.